The molecule has 0 saturated heterocycles. The maximum Gasteiger partial charge on any atom is 0.118 e. The zero-order valence-electron chi connectivity index (χ0n) is 16.5. The molecule has 0 unspecified atom stereocenters. The molecule has 28 heavy (non-hydrogen) atoms. The van der Waals surface area contributed by atoms with Crippen molar-refractivity contribution in [1.29, 1.82) is 0 Å². The molecule has 4 aromatic rings. The summed E-state index contributed by atoms with van der Waals surface area (Å²) in [6, 6.07) is 25.7. The zero-order chi connectivity index (χ0) is 19.3. The van der Waals surface area contributed by atoms with Gasteiger partial charge in [-0.1, -0.05) is 60.2 Å². The van der Waals surface area contributed by atoms with E-state index in [9.17, 15) is 0 Å². The number of nitrogens with zero attached hydrogens (tertiary/aromatic N) is 1. The van der Waals surface area contributed by atoms with E-state index in [-0.39, 0.29) is 0 Å². The van der Waals surface area contributed by atoms with Crippen molar-refractivity contribution >= 4 is 10.9 Å². The molecule has 0 spiro atoms. The summed E-state index contributed by atoms with van der Waals surface area (Å²) in [6.45, 7) is 4.69. The van der Waals surface area contributed by atoms with Gasteiger partial charge >= 0.3 is 0 Å². The van der Waals surface area contributed by atoms with E-state index < -0.39 is 0 Å². The number of hydrogen-bond acceptors (Lipinski definition) is 2. The molecule has 0 aliphatic heterocycles. The van der Waals surface area contributed by atoms with Gasteiger partial charge in [-0.05, 0) is 41.8 Å². The van der Waals surface area contributed by atoms with Gasteiger partial charge in [-0.2, -0.15) is 0 Å². The lowest BCUT2D eigenvalue weighted by atomic mass is 10.1. The van der Waals surface area contributed by atoms with Crippen LogP contribution >= 0.6 is 0 Å². The van der Waals surface area contributed by atoms with Crippen molar-refractivity contribution in [3.8, 4) is 5.75 Å². The summed E-state index contributed by atoms with van der Waals surface area (Å²) in [6.07, 6.45) is 2.28. The van der Waals surface area contributed by atoms with Crippen molar-refractivity contribution in [1.82, 2.24) is 9.88 Å². The quantitative estimate of drug-likeness (QED) is 0.478. The number of methoxy groups -OCH3 is 1. The SMILES string of the molecule is COc1ccc(CNCc2cn(Cc3ccc(C)cc3)c3ccccc23)cc1. The van der Waals surface area contributed by atoms with E-state index in [1.807, 2.05) is 12.1 Å². The number of aromatic nitrogens is 1. The molecule has 0 bridgehead atoms. The maximum absolute atomic E-state index is 5.23. The van der Waals surface area contributed by atoms with Crippen LogP contribution in [0, 0.1) is 6.92 Å². The second-order valence-corrected chi connectivity index (χ2v) is 7.24. The topological polar surface area (TPSA) is 26.2 Å². The van der Waals surface area contributed by atoms with Crippen LogP contribution in [0.1, 0.15) is 22.3 Å². The van der Waals surface area contributed by atoms with Gasteiger partial charge in [-0.3, -0.25) is 0 Å². The minimum absolute atomic E-state index is 0.835. The summed E-state index contributed by atoms with van der Waals surface area (Å²) in [5.74, 6) is 0.892. The lowest BCUT2D eigenvalue weighted by molar-refractivity contribution is 0.414. The predicted molar refractivity (Wildman–Crippen MR) is 116 cm³/mol. The van der Waals surface area contributed by atoms with Crippen molar-refractivity contribution in [3.05, 3.63) is 101 Å². The summed E-state index contributed by atoms with van der Waals surface area (Å²) in [5.41, 5.74) is 6.48. The molecular weight excluding hydrogens is 344 g/mol. The van der Waals surface area contributed by atoms with Gasteiger partial charge < -0.3 is 14.6 Å². The minimum atomic E-state index is 0.835. The number of nitrogens with one attached hydrogen (secondary N) is 1. The Morgan fingerprint density at radius 2 is 1.54 bits per heavy atom. The smallest absolute Gasteiger partial charge is 0.118 e. The Kier molecular flexibility index (Phi) is 5.45. The fourth-order valence-electron chi connectivity index (χ4n) is 3.57. The molecule has 0 saturated carbocycles. The van der Waals surface area contributed by atoms with Crippen LogP contribution in [0.3, 0.4) is 0 Å². The molecule has 0 fully saturated rings. The van der Waals surface area contributed by atoms with E-state index in [2.05, 4.69) is 83.7 Å². The van der Waals surface area contributed by atoms with Crippen molar-refractivity contribution < 1.29 is 4.74 Å². The molecule has 1 aromatic heterocycles. The zero-order valence-corrected chi connectivity index (χ0v) is 16.5. The van der Waals surface area contributed by atoms with Crippen molar-refractivity contribution in [2.75, 3.05) is 7.11 Å². The molecule has 3 heteroatoms. The third kappa shape index (κ3) is 4.10. The number of para-hydroxylation sites is 1. The Morgan fingerprint density at radius 3 is 2.29 bits per heavy atom. The lowest BCUT2D eigenvalue weighted by Crippen LogP contribution is -2.12. The van der Waals surface area contributed by atoms with Crippen LogP contribution in [0.5, 0.6) is 5.75 Å². The Morgan fingerprint density at radius 1 is 0.821 bits per heavy atom. The first-order valence-electron chi connectivity index (χ1n) is 9.69. The molecule has 3 nitrogen and oxygen atoms in total. The average Bonchev–Trinajstić information content (AvgIpc) is 3.08. The molecule has 1 N–H and O–H groups in total. The third-order valence-corrected chi connectivity index (χ3v) is 5.15. The first-order valence-corrected chi connectivity index (χ1v) is 9.69. The van der Waals surface area contributed by atoms with Crippen molar-refractivity contribution in [3.63, 3.8) is 0 Å². The van der Waals surface area contributed by atoms with Gasteiger partial charge in [0, 0.05) is 36.7 Å². The van der Waals surface area contributed by atoms with Crippen LogP contribution < -0.4 is 10.1 Å². The first-order chi connectivity index (χ1) is 13.7. The molecule has 4 rings (SSSR count). The van der Waals surface area contributed by atoms with E-state index in [0.29, 0.717) is 0 Å². The van der Waals surface area contributed by atoms with E-state index >= 15 is 0 Å². The third-order valence-electron chi connectivity index (χ3n) is 5.15. The molecular formula is C25H26N2O. The standard InChI is InChI=1S/C25H26N2O/c1-19-7-9-21(10-8-19)17-27-18-22(24-5-3-4-6-25(24)27)16-26-15-20-11-13-23(28-2)14-12-20/h3-14,18,26H,15-17H2,1-2H3. The van der Waals surface area contributed by atoms with Crippen LogP contribution in [0.4, 0.5) is 0 Å². The molecule has 0 atom stereocenters. The Balaban J connectivity index is 1.49. The number of rotatable bonds is 7. The fraction of sp³-hybridized carbons (Fsp3) is 0.200. The molecule has 0 radical (unpaired) electrons. The normalized spacial score (nSPS) is 11.1. The van der Waals surface area contributed by atoms with Crippen LogP contribution in [-0.4, -0.2) is 11.7 Å². The van der Waals surface area contributed by atoms with Crippen molar-refractivity contribution in [2.24, 2.45) is 0 Å². The monoisotopic (exact) mass is 370 g/mol. The number of aryl methyl sites for hydroxylation is 1. The Bertz CT molecular complexity index is 1050. The second kappa shape index (κ2) is 8.32. The molecule has 0 amide bonds. The van der Waals surface area contributed by atoms with Gasteiger partial charge in [0.2, 0.25) is 0 Å². The first kappa shape index (κ1) is 18.3. The molecule has 1 heterocycles. The average molecular weight is 370 g/mol. The van der Waals surface area contributed by atoms with Gasteiger partial charge in [0.05, 0.1) is 7.11 Å². The van der Waals surface area contributed by atoms with Gasteiger partial charge in [-0.15, -0.1) is 0 Å². The minimum Gasteiger partial charge on any atom is -0.497 e. The van der Waals surface area contributed by atoms with E-state index in [4.69, 9.17) is 4.74 Å². The highest BCUT2D eigenvalue weighted by Crippen LogP contribution is 2.23. The largest absolute Gasteiger partial charge is 0.497 e. The second-order valence-electron chi connectivity index (χ2n) is 7.24. The number of benzene rings is 3. The van der Waals surface area contributed by atoms with E-state index in [1.165, 1.54) is 33.2 Å². The lowest BCUT2D eigenvalue weighted by Gasteiger charge is -2.06. The number of hydrogen-bond donors (Lipinski definition) is 1. The fourth-order valence-corrected chi connectivity index (χ4v) is 3.57. The van der Waals surface area contributed by atoms with Gasteiger partial charge in [0.25, 0.3) is 0 Å². The molecule has 0 aliphatic rings. The summed E-state index contributed by atoms with van der Waals surface area (Å²) in [4.78, 5) is 0. The van der Waals surface area contributed by atoms with Crippen LogP contribution in [0.2, 0.25) is 0 Å². The van der Waals surface area contributed by atoms with Crippen LogP contribution in [-0.2, 0) is 19.6 Å². The summed E-state index contributed by atoms with van der Waals surface area (Å²) < 4.78 is 7.58. The number of ether oxygens (including phenoxy) is 1. The van der Waals surface area contributed by atoms with E-state index in [0.717, 1.165) is 25.4 Å². The highest BCUT2D eigenvalue weighted by Gasteiger charge is 2.08. The molecule has 3 aromatic carbocycles. The molecule has 142 valence electrons. The van der Waals surface area contributed by atoms with Gasteiger partial charge in [-0.25, -0.2) is 0 Å². The van der Waals surface area contributed by atoms with E-state index in [1.54, 1.807) is 7.11 Å². The predicted octanol–water partition coefficient (Wildman–Crippen LogP) is 5.30. The van der Waals surface area contributed by atoms with Crippen molar-refractivity contribution in [2.45, 2.75) is 26.6 Å². The van der Waals surface area contributed by atoms with Crippen LogP contribution in [0.25, 0.3) is 10.9 Å². The summed E-state index contributed by atoms with van der Waals surface area (Å²) in [7, 11) is 1.69. The highest BCUT2D eigenvalue weighted by molar-refractivity contribution is 5.84. The van der Waals surface area contributed by atoms with Gasteiger partial charge in [0.15, 0.2) is 0 Å². The summed E-state index contributed by atoms with van der Waals surface area (Å²) >= 11 is 0. The summed E-state index contributed by atoms with van der Waals surface area (Å²) in [5, 5.41) is 4.89. The van der Waals surface area contributed by atoms with Crippen LogP contribution in [0.15, 0.2) is 79.0 Å². The number of fused-ring (bicyclic) bond motifs is 1. The van der Waals surface area contributed by atoms with Gasteiger partial charge in [0.1, 0.15) is 5.75 Å². The highest BCUT2D eigenvalue weighted by atomic mass is 16.5. The molecule has 0 aliphatic carbocycles. The maximum atomic E-state index is 5.23. The Hall–Kier alpha value is -3.04. The Labute approximate surface area is 166 Å².